The number of hydrogen-bond donors (Lipinski definition) is 1. The van der Waals surface area contributed by atoms with Gasteiger partial charge in [-0.3, -0.25) is 4.90 Å². The van der Waals surface area contributed by atoms with Gasteiger partial charge in [0.05, 0.1) is 13.2 Å². The van der Waals surface area contributed by atoms with E-state index in [9.17, 15) is 0 Å². The summed E-state index contributed by atoms with van der Waals surface area (Å²) in [6.07, 6.45) is 2.34. The zero-order chi connectivity index (χ0) is 13.1. The third kappa shape index (κ3) is 2.99. The first kappa shape index (κ1) is 13.1. The van der Waals surface area contributed by atoms with Crippen LogP contribution < -0.4 is 5.32 Å². The van der Waals surface area contributed by atoms with Gasteiger partial charge < -0.3 is 10.1 Å². The second kappa shape index (κ2) is 6.04. The summed E-state index contributed by atoms with van der Waals surface area (Å²) >= 11 is 0. The first-order chi connectivity index (χ1) is 9.36. The summed E-state index contributed by atoms with van der Waals surface area (Å²) in [6, 6.07) is 7.62. The molecule has 1 atom stereocenters. The number of fused-ring (bicyclic) bond motifs is 1. The highest BCUT2D eigenvalue weighted by atomic mass is 16.5. The molecule has 104 valence electrons. The maximum atomic E-state index is 5.58. The smallest absolute Gasteiger partial charge is 0.0622 e. The highest BCUT2D eigenvalue weighted by Crippen LogP contribution is 2.19. The lowest BCUT2D eigenvalue weighted by Crippen LogP contribution is -2.44. The van der Waals surface area contributed by atoms with Gasteiger partial charge in [0.1, 0.15) is 0 Å². The van der Waals surface area contributed by atoms with Crippen molar-refractivity contribution in [2.75, 3.05) is 26.3 Å². The Morgan fingerprint density at radius 1 is 1.37 bits per heavy atom. The van der Waals surface area contributed by atoms with Crippen molar-refractivity contribution in [3.63, 3.8) is 0 Å². The van der Waals surface area contributed by atoms with E-state index in [0.717, 1.165) is 39.4 Å². The van der Waals surface area contributed by atoms with Crippen LogP contribution in [0.15, 0.2) is 18.2 Å². The van der Waals surface area contributed by atoms with E-state index in [1.807, 2.05) is 0 Å². The lowest BCUT2D eigenvalue weighted by atomic mass is 9.98. The predicted molar refractivity (Wildman–Crippen MR) is 77.2 cm³/mol. The van der Waals surface area contributed by atoms with Crippen molar-refractivity contribution < 1.29 is 4.74 Å². The molecule has 1 saturated heterocycles. The third-order valence-corrected chi connectivity index (χ3v) is 4.36. The summed E-state index contributed by atoms with van der Waals surface area (Å²) < 4.78 is 5.58. The van der Waals surface area contributed by atoms with E-state index < -0.39 is 0 Å². The van der Waals surface area contributed by atoms with Crippen LogP contribution in [0.1, 0.15) is 30.0 Å². The van der Waals surface area contributed by atoms with Crippen molar-refractivity contribution in [3.8, 4) is 0 Å². The van der Waals surface area contributed by atoms with E-state index in [4.69, 9.17) is 4.74 Å². The van der Waals surface area contributed by atoms with E-state index in [2.05, 4.69) is 35.3 Å². The fourth-order valence-electron chi connectivity index (χ4n) is 3.14. The normalized spacial score (nSPS) is 24.2. The predicted octanol–water partition coefficient (Wildman–Crippen LogP) is 1.94. The highest BCUT2D eigenvalue weighted by molar-refractivity contribution is 5.33. The molecule has 2 aliphatic rings. The minimum absolute atomic E-state index is 0.586. The summed E-state index contributed by atoms with van der Waals surface area (Å²) in [5.41, 5.74) is 4.46. The minimum atomic E-state index is 0.586. The fourth-order valence-corrected chi connectivity index (χ4v) is 3.14. The second-order valence-corrected chi connectivity index (χ2v) is 5.64. The first-order valence-electron chi connectivity index (χ1n) is 7.50. The Morgan fingerprint density at radius 2 is 2.32 bits per heavy atom. The van der Waals surface area contributed by atoms with Gasteiger partial charge in [-0.25, -0.2) is 0 Å². The number of rotatable bonds is 3. The summed E-state index contributed by atoms with van der Waals surface area (Å²) in [4.78, 5) is 2.57. The van der Waals surface area contributed by atoms with Crippen LogP contribution in [0.5, 0.6) is 0 Å². The summed E-state index contributed by atoms with van der Waals surface area (Å²) in [7, 11) is 0. The Hall–Kier alpha value is -0.900. The van der Waals surface area contributed by atoms with Gasteiger partial charge in [-0.15, -0.1) is 0 Å². The zero-order valence-electron chi connectivity index (χ0n) is 11.8. The molecule has 0 saturated carbocycles. The van der Waals surface area contributed by atoms with Crippen LogP contribution in [0.3, 0.4) is 0 Å². The molecular weight excluding hydrogens is 236 g/mol. The molecule has 2 heterocycles. The van der Waals surface area contributed by atoms with Crippen LogP contribution in [-0.2, 0) is 24.2 Å². The van der Waals surface area contributed by atoms with Crippen molar-refractivity contribution in [3.05, 3.63) is 34.9 Å². The minimum Gasteiger partial charge on any atom is -0.378 e. The maximum Gasteiger partial charge on any atom is 0.0622 e. The molecule has 0 bridgehead atoms. The van der Waals surface area contributed by atoms with Crippen LogP contribution in [0, 0.1) is 0 Å². The number of nitrogens with zero attached hydrogens (tertiary/aromatic N) is 1. The molecule has 0 spiro atoms. The number of nitrogens with one attached hydrogen (secondary N) is 1. The topological polar surface area (TPSA) is 24.5 Å². The Morgan fingerprint density at radius 3 is 3.21 bits per heavy atom. The van der Waals surface area contributed by atoms with Crippen molar-refractivity contribution in [2.24, 2.45) is 0 Å². The summed E-state index contributed by atoms with van der Waals surface area (Å²) in [5.74, 6) is 0. The molecule has 19 heavy (non-hydrogen) atoms. The van der Waals surface area contributed by atoms with Crippen LogP contribution in [0.4, 0.5) is 0 Å². The Labute approximate surface area is 115 Å². The zero-order valence-corrected chi connectivity index (χ0v) is 11.8. The van der Waals surface area contributed by atoms with Gasteiger partial charge in [0, 0.05) is 25.7 Å². The van der Waals surface area contributed by atoms with E-state index in [-0.39, 0.29) is 0 Å². The molecule has 0 amide bonds. The molecule has 2 aliphatic heterocycles. The van der Waals surface area contributed by atoms with Crippen LogP contribution in [0.2, 0.25) is 0 Å². The van der Waals surface area contributed by atoms with Gasteiger partial charge in [-0.05, 0) is 36.1 Å². The SMILES string of the molecule is CCC1COCCN1Cc1ccc2c(c1)CNCC2. The molecule has 1 aromatic rings. The molecular formula is C16H24N2O. The molecule has 1 N–H and O–H groups in total. The van der Waals surface area contributed by atoms with Crippen molar-refractivity contribution in [1.82, 2.24) is 10.2 Å². The van der Waals surface area contributed by atoms with Gasteiger partial charge in [0.15, 0.2) is 0 Å². The van der Waals surface area contributed by atoms with Crippen LogP contribution in [0.25, 0.3) is 0 Å². The number of benzene rings is 1. The van der Waals surface area contributed by atoms with Crippen LogP contribution in [-0.4, -0.2) is 37.2 Å². The average Bonchev–Trinajstić information content (AvgIpc) is 2.48. The molecule has 3 nitrogen and oxygen atoms in total. The van der Waals surface area contributed by atoms with Gasteiger partial charge in [-0.2, -0.15) is 0 Å². The van der Waals surface area contributed by atoms with E-state index >= 15 is 0 Å². The molecule has 0 aliphatic carbocycles. The first-order valence-corrected chi connectivity index (χ1v) is 7.50. The lowest BCUT2D eigenvalue weighted by molar-refractivity contribution is -0.0127. The van der Waals surface area contributed by atoms with Crippen molar-refractivity contribution in [2.45, 2.75) is 38.9 Å². The molecule has 1 aromatic carbocycles. The quantitative estimate of drug-likeness (QED) is 0.899. The van der Waals surface area contributed by atoms with Crippen molar-refractivity contribution in [1.29, 1.82) is 0 Å². The van der Waals surface area contributed by atoms with Gasteiger partial charge >= 0.3 is 0 Å². The fraction of sp³-hybridized carbons (Fsp3) is 0.625. The Balaban J connectivity index is 1.71. The molecule has 0 radical (unpaired) electrons. The summed E-state index contributed by atoms with van der Waals surface area (Å²) in [5, 5.41) is 3.46. The average molecular weight is 260 g/mol. The van der Waals surface area contributed by atoms with Gasteiger partial charge in [-0.1, -0.05) is 25.1 Å². The standard InChI is InChI=1S/C16H24N2O/c1-2-16-12-19-8-7-18(16)11-13-3-4-14-5-6-17-10-15(14)9-13/h3-4,9,16-17H,2,5-8,10-12H2,1H3. The number of ether oxygens (including phenoxy) is 1. The highest BCUT2D eigenvalue weighted by Gasteiger charge is 2.21. The Bertz CT molecular complexity index is 433. The molecule has 1 unspecified atom stereocenters. The van der Waals surface area contributed by atoms with E-state index in [1.54, 1.807) is 0 Å². The second-order valence-electron chi connectivity index (χ2n) is 5.64. The lowest BCUT2D eigenvalue weighted by Gasteiger charge is -2.35. The number of hydrogen-bond acceptors (Lipinski definition) is 3. The van der Waals surface area contributed by atoms with Gasteiger partial charge in [0.2, 0.25) is 0 Å². The molecule has 3 heteroatoms. The molecule has 0 aromatic heterocycles. The third-order valence-electron chi connectivity index (χ3n) is 4.36. The van der Waals surface area contributed by atoms with Crippen LogP contribution >= 0.6 is 0 Å². The van der Waals surface area contributed by atoms with E-state index in [0.29, 0.717) is 6.04 Å². The largest absolute Gasteiger partial charge is 0.378 e. The molecule has 3 rings (SSSR count). The maximum absolute atomic E-state index is 5.58. The number of morpholine rings is 1. The summed E-state index contributed by atoms with van der Waals surface area (Å²) in [6.45, 7) is 8.30. The van der Waals surface area contributed by atoms with Gasteiger partial charge in [0.25, 0.3) is 0 Å². The van der Waals surface area contributed by atoms with E-state index in [1.165, 1.54) is 29.5 Å². The molecule has 1 fully saturated rings. The Kier molecular flexibility index (Phi) is 4.16. The monoisotopic (exact) mass is 260 g/mol. The van der Waals surface area contributed by atoms with Crippen molar-refractivity contribution >= 4 is 0 Å².